The van der Waals surface area contributed by atoms with Gasteiger partial charge in [-0.15, -0.1) is 0 Å². The minimum absolute atomic E-state index is 0.0937. The van der Waals surface area contributed by atoms with Crippen molar-refractivity contribution in [1.82, 2.24) is 9.21 Å². The normalized spacial score (nSPS) is 19.4. The van der Waals surface area contributed by atoms with Crippen LogP contribution in [0.15, 0.2) is 41.3 Å². The second kappa shape index (κ2) is 7.97. The van der Waals surface area contributed by atoms with Gasteiger partial charge in [-0.1, -0.05) is 17.7 Å². The molecule has 0 aliphatic carbocycles. The van der Waals surface area contributed by atoms with E-state index >= 15 is 0 Å². The number of piperazine rings is 1. The number of hydrogen-bond acceptors (Lipinski definition) is 5. The van der Waals surface area contributed by atoms with Crippen LogP contribution in [0.4, 0.5) is 5.69 Å². The number of ether oxygens (including phenoxy) is 1. The predicted molar refractivity (Wildman–Crippen MR) is 116 cm³/mol. The molecule has 0 aromatic heterocycles. The molecule has 164 valence electrons. The summed E-state index contributed by atoms with van der Waals surface area (Å²) in [7, 11) is -3.78. The minimum Gasteiger partial charge on any atom is -0.479 e. The van der Waals surface area contributed by atoms with Gasteiger partial charge in [-0.2, -0.15) is 4.31 Å². The summed E-state index contributed by atoms with van der Waals surface area (Å²) in [5.41, 5.74) is 2.60. The van der Waals surface area contributed by atoms with Crippen molar-refractivity contribution in [2.75, 3.05) is 31.5 Å². The zero-order valence-electron chi connectivity index (χ0n) is 17.7. The van der Waals surface area contributed by atoms with Crippen LogP contribution >= 0.6 is 0 Å². The van der Waals surface area contributed by atoms with Gasteiger partial charge in [-0.05, 0) is 44.5 Å². The van der Waals surface area contributed by atoms with Crippen LogP contribution in [0.3, 0.4) is 0 Å². The highest BCUT2D eigenvalue weighted by Crippen LogP contribution is 2.35. The van der Waals surface area contributed by atoms with Crippen molar-refractivity contribution in [3.05, 3.63) is 53.1 Å². The largest absolute Gasteiger partial charge is 0.479 e. The molecule has 2 amide bonds. The highest BCUT2D eigenvalue weighted by atomic mass is 32.2. The third kappa shape index (κ3) is 4.03. The number of benzene rings is 2. The standard InChI is InChI=1S/C22H25N3O5S/c1-14-5-4-6-17(11-14)22(27)24-7-9-25(10-8-24)31(28,29)20-13-19-18(12-15(20)2)23-21(26)16(3)30-19/h4-6,11-13,16H,7-10H2,1-3H3,(H,23,26)/t16-/m0/s1. The number of nitrogens with zero attached hydrogens (tertiary/aromatic N) is 2. The summed E-state index contributed by atoms with van der Waals surface area (Å²) in [6.07, 6.45) is -0.693. The average molecular weight is 444 g/mol. The maximum absolute atomic E-state index is 13.3. The van der Waals surface area contributed by atoms with Crippen molar-refractivity contribution < 1.29 is 22.7 Å². The zero-order chi connectivity index (χ0) is 22.3. The van der Waals surface area contributed by atoms with Crippen molar-refractivity contribution in [3.63, 3.8) is 0 Å². The number of nitrogens with one attached hydrogen (secondary N) is 1. The number of rotatable bonds is 3. The van der Waals surface area contributed by atoms with E-state index in [0.29, 0.717) is 35.7 Å². The Kier molecular flexibility index (Phi) is 5.49. The van der Waals surface area contributed by atoms with Gasteiger partial charge in [0.15, 0.2) is 6.10 Å². The molecular formula is C22H25N3O5S. The van der Waals surface area contributed by atoms with E-state index in [0.717, 1.165) is 5.56 Å². The summed E-state index contributed by atoms with van der Waals surface area (Å²) in [4.78, 5) is 26.4. The van der Waals surface area contributed by atoms with Crippen LogP contribution < -0.4 is 10.1 Å². The number of sulfonamides is 1. The molecule has 0 radical (unpaired) electrons. The first-order chi connectivity index (χ1) is 14.7. The molecule has 0 bridgehead atoms. The molecular weight excluding hydrogens is 418 g/mol. The lowest BCUT2D eigenvalue weighted by molar-refractivity contribution is -0.122. The number of hydrogen-bond donors (Lipinski definition) is 1. The van der Waals surface area contributed by atoms with Gasteiger partial charge in [0.25, 0.3) is 11.8 Å². The fourth-order valence-electron chi connectivity index (χ4n) is 3.85. The second-order valence-electron chi connectivity index (χ2n) is 7.93. The van der Waals surface area contributed by atoms with Crippen molar-refractivity contribution in [1.29, 1.82) is 0 Å². The van der Waals surface area contributed by atoms with Gasteiger partial charge in [-0.25, -0.2) is 8.42 Å². The van der Waals surface area contributed by atoms with Crippen LogP contribution in [0, 0.1) is 13.8 Å². The van der Waals surface area contributed by atoms with E-state index in [4.69, 9.17) is 4.74 Å². The van der Waals surface area contributed by atoms with E-state index in [1.165, 1.54) is 10.4 Å². The van der Waals surface area contributed by atoms with Gasteiger partial charge in [0.1, 0.15) is 5.75 Å². The molecule has 0 spiro atoms. The smallest absolute Gasteiger partial charge is 0.265 e. The summed E-state index contributed by atoms with van der Waals surface area (Å²) in [6.45, 7) is 6.29. The van der Waals surface area contributed by atoms with E-state index in [1.807, 2.05) is 25.1 Å². The first kappa shape index (κ1) is 21.3. The lowest BCUT2D eigenvalue weighted by Gasteiger charge is -2.34. The number of carbonyl (C=O) groups excluding carboxylic acids is 2. The molecule has 2 heterocycles. The highest BCUT2D eigenvalue weighted by Gasteiger charge is 2.33. The Morgan fingerprint density at radius 3 is 2.48 bits per heavy atom. The number of anilines is 1. The number of carbonyl (C=O) groups is 2. The van der Waals surface area contributed by atoms with Gasteiger partial charge in [0.2, 0.25) is 10.0 Å². The fraction of sp³-hybridized carbons (Fsp3) is 0.364. The van der Waals surface area contributed by atoms with Crippen molar-refractivity contribution >= 4 is 27.5 Å². The van der Waals surface area contributed by atoms with Crippen LogP contribution in [0.2, 0.25) is 0 Å². The summed E-state index contributed by atoms with van der Waals surface area (Å²) in [5.74, 6) is -0.0229. The van der Waals surface area contributed by atoms with Gasteiger partial charge < -0.3 is 15.0 Å². The summed E-state index contributed by atoms with van der Waals surface area (Å²) in [5, 5.41) is 2.73. The fourth-order valence-corrected chi connectivity index (χ4v) is 5.50. The molecule has 31 heavy (non-hydrogen) atoms. The first-order valence-electron chi connectivity index (χ1n) is 10.1. The Bertz CT molecular complexity index is 1150. The topological polar surface area (TPSA) is 96.0 Å². The zero-order valence-corrected chi connectivity index (χ0v) is 18.5. The average Bonchev–Trinajstić information content (AvgIpc) is 2.74. The summed E-state index contributed by atoms with van der Waals surface area (Å²) in [6, 6.07) is 10.5. The Morgan fingerprint density at radius 1 is 1.10 bits per heavy atom. The third-order valence-corrected chi connectivity index (χ3v) is 7.66. The molecule has 1 atom stereocenters. The van der Waals surface area contributed by atoms with Gasteiger partial charge in [-0.3, -0.25) is 9.59 Å². The molecule has 1 N–H and O–H groups in total. The molecule has 9 heteroatoms. The SMILES string of the molecule is Cc1cccc(C(=O)N2CCN(S(=O)(=O)c3cc4c(cc3C)NC(=O)[C@H](C)O4)CC2)c1. The monoisotopic (exact) mass is 443 g/mol. The molecule has 2 aliphatic heterocycles. The molecule has 1 saturated heterocycles. The van der Waals surface area contributed by atoms with E-state index in [9.17, 15) is 18.0 Å². The molecule has 0 saturated carbocycles. The van der Waals surface area contributed by atoms with E-state index in [2.05, 4.69) is 5.32 Å². The first-order valence-corrected chi connectivity index (χ1v) is 11.6. The second-order valence-corrected chi connectivity index (χ2v) is 9.84. The molecule has 2 aromatic rings. The maximum Gasteiger partial charge on any atom is 0.265 e. The van der Waals surface area contributed by atoms with E-state index in [-0.39, 0.29) is 29.8 Å². The Hall–Kier alpha value is -2.91. The van der Waals surface area contributed by atoms with Crippen molar-refractivity contribution in [2.45, 2.75) is 31.8 Å². The van der Waals surface area contributed by atoms with Crippen LogP contribution in [0.5, 0.6) is 5.75 Å². The Labute approximate surface area is 181 Å². The molecule has 2 aromatic carbocycles. The maximum atomic E-state index is 13.3. The molecule has 2 aliphatic rings. The van der Waals surface area contributed by atoms with E-state index < -0.39 is 16.1 Å². The highest BCUT2D eigenvalue weighted by molar-refractivity contribution is 7.89. The lowest BCUT2D eigenvalue weighted by Crippen LogP contribution is -2.50. The van der Waals surface area contributed by atoms with Gasteiger partial charge in [0, 0.05) is 37.8 Å². The van der Waals surface area contributed by atoms with Crippen LogP contribution in [0.1, 0.15) is 28.4 Å². The van der Waals surface area contributed by atoms with Crippen molar-refractivity contribution in [3.8, 4) is 5.75 Å². The minimum atomic E-state index is -3.78. The Morgan fingerprint density at radius 2 is 1.81 bits per heavy atom. The van der Waals surface area contributed by atoms with E-state index in [1.54, 1.807) is 30.9 Å². The van der Waals surface area contributed by atoms with Crippen LogP contribution in [-0.2, 0) is 14.8 Å². The lowest BCUT2D eigenvalue weighted by atomic mass is 10.1. The van der Waals surface area contributed by atoms with Crippen LogP contribution in [-0.4, -0.2) is 61.7 Å². The number of amides is 2. The number of fused-ring (bicyclic) bond motifs is 1. The molecule has 0 unspecified atom stereocenters. The predicted octanol–water partition coefficient (Wildman–Crippen LogP) is 2.17. The summed E-state index contributed by atoms with van der Waals surface area (Å²) < 4.78 is 33.6. The number of aryl methyl sites for hydroxylation is 2. The molecule has 1 fully saturated rings. The molecule has 8 nitrogen and oxygen atoms in total. The summed E-state index contributed by atoms with van der Waals surface area (Å²) >= 11 is 0. The third-order valence-electron chi connectivity index (χ3n) is 5.62. The van der Waals surface area contributed by atoms with Crippen LogP contribution in [0.25, 0.3) is 0 Å². The van der Waals surface area contributed by atoms with Gasteiger partial charge >= 0.3 is 0 Å². The molecule has 4 rings (SSSR count). The Balaban J connectivity index is 1.51. The van der Waals surface area contributed by atoms with Gasteiger partial charge in [0.05, 0.1) is 10.6 Å². The quantitative estimate of drug-likeness (QED) is 0.784. The van der Waals surface area contributed by atoms with Crippen molar-refractivity contribution in [2.24, 2.45) is 0 Å².